The molecule has 23 heavy (non-hydrogen) atoms. The summed E-state index contributed by atoms with van der Waals surface area (Å²) < 4.78 is 4.95. The van der Waals surface area contributed by atoms with Crippen molar-refractivity contribution in [3.63, 3.8) is 0 Å². The van der Waals surface area contributed by atoms with Gasteiger partial charge in [-0.05, 0) is 23.5 Å². The van der Waals surface area contributed by atoms with Gasteiger partial charge >= 0.3 is 5.97 Å². The molecule has 0 spiro atoms. The number of benzene rings is 2. The van der Waals surface area contributed by atoms with Crippen LogP contribution in [0.3, 0.4) is 0 Å². The largest absolute Gasteiger partial charge is 0.462 e. The fraction of sp³-hybridized carbons (Fsp3) is 0.211. The van der Waals surface area contributed by atoms with E-state index in [0.29, 0.717) is 11.5 Å². The molecule has 0 saturated carbocycles. The Bertz CT molecular complexity index is 698. The summed E-state index contributed by atoms with van der Waals surface area (Å²) in [5.74, 6) is -0.226. The third-order valence-electron chi connectivity index (χ3n) is 3.60. The zero-order valence-corrected chi connectivity index (χ0v) is 14.5. The molecule has 1 aliphatic rings. The molecule has 0 radical (unpaired) electrons. The molecule has 0 aromatic heterocycles. The van der Waals surface area contributed by atoms with Crippen LogP contribution in [-0.4, -0.2) is 12.6 Å². The average molecular weight is 342 g/mol. The first kappa shape index (κ1) is 16.2. The van der Waals surface area contributed by atoms with Gasteiger partial charge in [0.2, 0.25) is 0 Å². The van der Waals surface area contributed by atoms with Crippen molar-refractivity contribution in [2.75, 3.05) is 6.61 Å². The summed E-state index contributed by atoms with van der Waals surface area (Å²) in [7, 11) is 0. The Kier molecular flexibility index (Phi) is 5.13. The molecule has 0 aliphatic carbocycles. The molecule has 2 aromatic carbocycles. The lowest BCUT2D eigenvalue weighted by Gasteiger charge is -2.28. The minimum atomic E-state index is -0.226. The highest BCUT2D eigenvalue weighted by molar-refractivity contribution is 8.23. The number of ether oxygens (including phenoxy) is 1. The molecule has 2 nitrogen and oxygen atoms in total. The van der Waals surface area contributed by atoms with Crippen molar-refractivity contribution in [1.82, 2.24) is 0 Å². The fourth-order valence-corrected chi connectivity index (χ4v) is 5.38. The summed E-state index contributed by atoms with van der Waals surface area (Å²) >= 11 is 3.30. The second-order valence-corrected chi connectivity index (χ2v) is 7.97. The summed E-state index contributed by atoms with van der Waals surface area (Å²) in [6, 6.07) is 20.8. The average Bonchev–Trinajstić information content (AvgIpc) is 3.02. The maximum Gasteiger partial charge on any atom is 0.345 e. The van der Waals surface area contributed by atoms with Crippen molar-refractivity contribution in [2.24, 2.45) is 0 Å². The monoisotopic (exact) mass is 342 g/mol. The Hall–Kier alpha value is -1.65. The van der Waals surface area contributed by atoms with Crippen LogP contribution in [0.4, 0.5) is 0 Å². The zero-order chi connectivity index (χ0) is 16.1. The van der Waals surface area contributed by atoms with Crippen molar-refractivity contribution in [2.45, 2.75) is 17.4 Å². The van der Waals surface area contributed by atoms with E-state index in [1.807, 2.05) is 36.6 Å². The third kappa shape index (κ3) is 3.65. The smallest absolute Gasteiger partial charge is 0.345 e. The Labute approximate surface area is 145 Å². The van der Waals surface area contributed by atoms with Crippen LogP contribution in [0.15, 0.2) is 71.0 Å². The van der Waals surface area contributed by atoms with Crippen LogP contribution in [0, 0.1) is 0 Å². The summed E-state index contributed by atoms with van der Waals surface area (Å²) in [5.41, 5.74) is 2.48. The van der Waals surface area contributed by atoms with Crippen molar-refractivity contribution in [3.8, 4) is 0 Å². The van der Waals surface area contributed by atoms with Gasteiger partial charge in [0.05, 0.1) is 10.7 Å². The van der Waals surface area contributed by atoms with Gasteiger partial charge in [-0.15, -0.1) is 11.8 Å². The van der Waals surface area contributed by atoms with Gasteiger partial charge in [-0.2, -0.15) is 0 Å². The van der Waals surface area contributed by atoms with Gasteiger partial charge in [0, 0.05) is 6.42 Å². The molecule has 0 saturated heterocycles. The van der Waals surface area contributed by atoms with Gasteiger partial charge in [0.1, 0.15) is 4.91 Å². The van der Waals surface area contributed by atoms with E-state index in [2.05, 4.69) is 36.4 Å². The quantitative estimate of drug-likeness (QED) is 0.717. The van der Waals surface area contributed by atoms with Crippen LogP contribution in [0.2, 0.25) is 0 Å². The number of hydrogen-bond acceptors (Lipinski definition) is 4. The van der Waals surface area contributed by atoms with E-state index in [1.165, 1.54) is 11.1 Å². The summed E-state index contributed by atoms with van der Waals surface area (Å²) in [6.07, 6.45) is 0.854. The first-order valence-electron chi connectivity index (χ1n) is 7.57. The van der Waals surface area contributed by atoms with E-state index in [4.69, 9.17) is 4.74 Å². The van der Waals surface area contributed by atoms with Gasteiger partial charge in [0.15, 0.2) is 0 Å². The lowest BCUT2D eigenvalue weighted by Crippen LogP contribution is -2.19. The lowest BCUT2D eigenvalue weighted by molar-refractivity contribution is -0.137. The predicted molar refractivity (Wildman–Crippen MR) is 98.2 cm³/mol. The zero-order valence-electron chi connectivity index (χ0n) is 12.9. The maximum absolute atomic E-state index is 12.1. The SMILES string of the molecule is CCOC(=O)C1=CSC(Cc2ccccc2)(c2ccccc2)S1. The van der Waals surface area contributed by atoms with Crippen molar-refractivity contribution >= 4 is 29.5 Å². The van der Waals surface area contributed by atoms with E-state index in [1.54, 1.807) is 23.5 Å². The highest BCUT2D eigenvalue weighted by atomic mass is 32.2. The van der Waals surface area contributed by atoms with Crippen molar-refractivity contribution in [3.05, 3.63) is 82.1 Å². The van der Waals surface area contributed by atoms with E-state index < -0.39 is 0 Å². The molecule has 118 valence electrons. The lowest BCUT2D eigenvalue weighted by atomic mass is 10.0. The van der Waals surface area contributed by atoms with E-state index in [0.717, 1.165) is 6.42 Å². The third-order valence-corrected chi connectivity index (χ3v) is 6.62. The Balaban J connectivity index is 1.89. The Morgan fingerprint density at radius 2 is 1.70 bits per heavy atom. The molecule has 1 heterocycles. The minimum Gasteiger partial charge on any atom is -0.462 e. The number of esters is 1. The van der Waals surface area contributed by atoms with Gasteiger partial charge in [-0.3, -0.25) is 0 Å². The Morgan fingerprint density at radius 3 is 2.35 bits per heavy atom. The van der Waals surface area contributed by atoms with E-state index in [-0.39, 0.29) is 10.0 Å². The number of carbonyl (C=O) groups is 1. The second kappa shape index (κ2) is 7.28. The summed E-state index contributed by atoms with van der Waals surface area (Å²) in [5, 5.41) is 1.94. The van der Waals surface area contributed by atoms with Crippen LogP contribution in [-0.2, 0) is 20.0 Å². The van der Waals surface area contributed by atoms with E-state index in [9.17, 15) is 4.79 Å². The molecule has 3 rings (SSSR count). The number of thioether (sulfide) groups is 2. The molecule has 0 amide bonds. The van der Waals surface area contributed by atoms with Crippen molar-refractivity contribution < 1.29 is 9.53 Å². The highest BCUT2D eigenvalue weighted by Crippen LogP contribution is 2.58. The molecule has 0 N–H and O–H groups in total. The van der Waals surface area contributed by atoms with E-state index >= 15 is 0 Å². The van der Waals surface area contributed by atoms with Gasteiger partial charge in [-0.1, -0.05) is 72.4 Å². The molecule has 1 atom stereocenters. The van der Waals surface area contributed by atoms with Gasteiger partial charge in [-0.25, -0.2) is 4.79 Å². The predicted octanol–water partition coefficient (Wildman–Crippen LogP) is 4.97. The number of hydrogen-bond donors (Lipinski definition) is 0. The van der Waals surface area contributed by atoms with Crippen LogP contribution >= 0.6 is 23.5 Å². The molecule has 0 fully saturated rings. The van der Waals surface area contributed by atoms with Crippen LogP contribution in [0.1, 0.15) is 18.1 Å². The fourth-order valence-electron chi connectivity index (χ4n) is 2.53. The molecule has 4 heteroatoms. The van der Waals surface area contributed by atoms with Crippen LogP contribution in [0.25, 0.3) is 0 Å². The molecular formula is C19H18O2S2. The second-order valence-electron chi connectivity index (χ2n) is 5.20. The maximum atomic E-state index is 12.1. The summed E-state index contributed by atoms with van der Waals surface area (Å²) in [4.78, 5) is 12.8. The summed E-state index contributed by atoms with van der Waals surface area (Å²) in [6.45, 7) is 2.23. The van der Waals surface area contributed by atoms with Crippen molar-refractivity contribution in [1.29, 1.82) is 0 Å². The molecular weight excluding hydrogens is 324 g/mol. The highest BCUT2D eigenvalue weighted by Gasteiger charge is 2.40. The van der Waals surface area contributed by atoms with Gasteiger partial charge < -0.3 is 4.74 Å². The number of carbonyl (C=O) groups excluding carboxylic acids is 1. The van der Waals surface area contributed by atoms with Gasteiger partial charge in [0.25, 0.3) is 0 Å². The number of rotatable bonds is 5. The topological polar surface area (TPSA) is 26.3 Å². The molecule has 0 bridgehead atoms. The van der Waals surface area contributed by atoms with Crippen LogP contribution < -0.4 is 0 Å². The first-order chi connectivity index (χ1) is 11.2. The minimum absolute atomic E-state index is 0.218. The molecule has 1 unspecified atom stereocenters. The first-order valence-corrected chi connectivity index (χ1v) is 9.27. The standard InChI is InChI=1S/C19H18O2S2/c1-2-21-18(20)17-14-22-19(23-17,16-11-7-4-8-12-16)13-15-9-5-3-6-10-15/h3-12,14H,2,13H2,1H3. The molecule has 2 aromatic rings. The molecule has 1 aliphatic heterocycles. The Morgan fingerprint density at radius 1 is 1.04 bits per heavy atom. The normalized spacial score (nSPS) is 20.1. The van der Waals surface area contributed by atoms with Crippen LogP contribution in [0.5, 0.6) is 0 Å².